The molecule has 0 radical (unpaired) electrons. The van der Waals surface area contributed by atoms with Crippen LogP contribution in [0.2, 0.25) is 0 Å². The minimum atomic E-state index is -0.826. The predicted molar refractivity (Wildman–Crippen MR) is 148 cm³/mol. The van der Waals surface area contributed by atoms with Crippen LogP contribution in [-0.4, -0.2) is 0 Å². The first-order valence-electron chi connectivity index (χ1n) is 12.1. The Balaban J connectivity index is 0.000000778. The average Bonchev–Trinajstić information content (AvgIpc) is 3.49. The molecule has 3 heteroatoms. The zero-order valence-corrected chi connectivity index (χ0v) is 24.7. The Bertz CT molecular complexity index is 831. The molecule has 0 spiro atoms. The fraction of sp³-hybridized carbons (Fsp3) is 0.419. The van der Waals surface area contributed by atoms with E-state index in [-0.39, 0.29) is 20.3 Å². The first-order valence-corrected chi connectivity index (χ1v) is 18.4. The van der Waals surface area contributed by atoms with Crippen LogP contribution in [0.4, 0.5) is 0 Å². The van der Waals surface area contributed by atoms with E-state index in [2.05, 4.69) is 91.6 Å². The monoisotopic (exact) mass is 572 g/mol. The van der Waals surface area contributed by atoms with Gasteiger partial charge in [-0.25, -0.2) is 0 Å². The van der Waals surface area contributed by atoms with Gasteiger partial charge >= 0.3 is 37.9 Å². The fourth-order valence-electron chi connectivity index (χ4n) is 7.46. The van der Waals surface area contributed by atoms with Crippen molar-refractivity contribution in [3.05, 3.63) is 112 Å². The Morgan fingerprint density at radius 3 is 1.76 bits per heavy atom. The zero-order chi connectivity index (χ0) is 22.4. The number of hydrogen-bond acceptors (Lipinski definition) is 0. The molecular weight excluding hydrogens is 534 g/mol. The second-order valence-electron chi connectivity index (χ2n) is 9.66. The Morgan fingerprint density at radius 1 is 0.824 bits per heavy atom. The Kier molecular flexibility index (Phi) is 12.4. The van der Waals surface area contributed by atoms with E-state index in [0.717, 1.165) is 12.3 Å². The molecule has 0 amide bonds. The van der Waals surface area contributed by atoms with Crippen molar-refractivity contribution in [2.45, 2.75) is 43.9 Å². The van der Waals surface area contributed by atoms with Gasteiger partial charge in [0.1, 0.15) is 0 Å². The molecule has 4 aliphatic rings. The SMILES string of the molecule is C=CCCC(c1ccccc1)(C1CCCC1)C1C2C=CC=CC2C2C=CC=CC21.[CH3-].[CH3-].[Cl][Zr+2][Cl]. The Labute approximate surface area is 228 Å². The van der Waals surface area contributed by atoms with E-state index in [0.29, 0.717) is 29.6 Å². The van der Waals surface area contributed by atoms with Crippen LogP contribution in [-0.2, 0) is 26.3 Å². The van der Waals surface area contributed by atoms with E-state index in [1.165, 1.54) is 32.1 Å². The van der Waals surface area contributed by atoms with Crippen molar-refractivity contribution < 1.29 is 20.8 Å². The van der Waals surface area contributed by atoms with Crippen LogP contribution in [0.1, 0.15) is 44.1 Å². The number of fused-ring (bicyclic) bond motifs is 3. The maximum atomic E-state index is 4.93. The van der Waals surface area contributed by atoms with Crippen molar-refractivity contribution in [2.24, 2.45) is 35.5 Å². The molecule has 0 nitrogen and oxygen atoms in total. The van der Waals surface area contributed by atoms with Gasteiger partial charge in [-0.1, -0.05) is 97.9 Å². The van der Waals surface area contributed by atoms with Gasteiger partial charge in [0.15, 0.2) is 0 Å². The number of rotatable bonds is 6. The van der Waals surface area contributed by atoms with Gasteiger partial charge in [0.25, 0.3) is 0 Å². The number of hydrogen-bond donors (Lipinski definition) is 0. The molecule has 182 valence electrons. The van der Waals surface area contributed by atoms with E-state index >= 15 is 0 Å². The summed E-state index contributed by atoms with van der Waals surface area (Å²) >= 11 is -0.826. The van der Waals surface area contributed by atoms with Crippen LogP contribution < -0.4 is 0 Å². The summed E-state index contributed by atoms with van der Waals surface area (Å²) in [5.41, 5.74) is 1.82. The van der Waals surface area contributed by atoms with Crippen LogP contribution in [0.3, 0.4) is 0 Å². The van der Waals surface area contributed by atoms with E-state index in [9.17, 15) is 0 Å². The summed E-state index contributed by atoms with van der Waals surface area (Å²) in [6, 6.07) is 11.6. The van der Waals surface area contributed by atoms with Crippen molar-refractivity contribution in [1.82, 2.24) is 0 Å². The molecule has 5 atom stereocenters. The van der Waals surface area contributed by atoms with E-state index in [1.54, 1.807) is 5.56 Å². The van der Waals surface area contributed by atoms with Gasteiger partial charge in [-0.05, 0) is 66.8 Å². The van der Waals surface area contributed by atoms with Gasteiger partial charge in [-0.15, -0.1) is 6.58 Å². The topological polar surface area (TPSA) is 0 Å². The fourth-order valence-corrected chi connectivity index (χ4v) is 7.46. The van der Waals surface area contributed by atoms with E-state index < -0.39 is 20.8 Å². The molecule has 0 N–H and O–H groups in total. The van der Waals surface area contributed by atoms with Gasteiger partial charge in [0.05, 0.1) is 0 Å². The molecular formula is C31H40Cl2Zr. The molecule has 0 heterocycles. The van der Waals surface area contributed by atoms with E-state index in [1.807, 2.05) is 0 Å². The quantitative estimate of drug-likeness (QED) is 0.234. The molecule has 1 aromatic rings. The van der Waals surface area contributed by atoms with Crippen LogP contribution in [0.25, 0.3) is 0 Å². The predicted octanol–water partition coefficient (Wildman–Crippen LogP) is 9.70. The summed E-state index contributed by atoms with van der Waals surface area (Å²) in [6.07, 6.45) is 29.4. The Hall–Kier alpha value is -0.617. The first-order chi connectivity index (χ1) is 15.8. The molecule has 0 bridgehead atoms. The summed E-state index contributed by atoms with van der Waals surface area (Å²) in [5.74, 6) is 3.99. The molecule has 0 saturated heterocycles. The normalized spacial score (nSPS) is 29.9. The molecule has 0 aromatic heterocycles. The number of allylic oxidation sites excluding steroid dienone is 9. The third-order valence-corrected chi connectivity index (χ3v) is 8.47. The van der Waals surface area contributed by atoms with Crippen LogP contribution >= 0.6 is 17.0 Å². The van der Waals surface area contributed by atoms with Gasteiger partial charge in [-0.2, -0.15) is 0 Å². The number of benzene rings is 1. The van der Waals surface area contributed by atoms with Crippen molar-refractivity contribution in [3.63, 3.8) is 0 Å². The van der Waals surface area contributed by atoms with Crippen LogP contribution in [0.15, 0.2) is 91.6 Å². The van der Waals surface area contributed by atoms with Crippen LogP contribution in [0.5, 0.6) is 0 Å². The summed E-state index contributed by atoms with van der Waals surface area (Å²) in [4.78, 5) is 0. The third kappa shape index (κ3) is 5.69. The van der Waals surface area contributed by atoms with Crippen LogP contribution in [0, 0.1) is 50.4 Å². The molecule has 2 fully saturated rings. The van der Waals surface area contributed by atoms with Crippen molar-refractivity contribution in [3.8, 4) is 0 Å². The van der Waals surface area contributed by atoms with Crippen molar-refractivity contribution in [2.75, 3.05) is 0 Å². The third-order valence-electron chi connectivity index (χ3n) is 8.47. The van der Waals surface area contributed by atoms with E-state index in [4.69, 9.17) is 17.0 Å². The number of halogens is 2. The summed E-state index contributed by atoms with van der Waals surface area (Å²) in [5, 5.41) is 0. The average molecular weight is 575 g/mol. The molecule has 4 aliphatic carbocycles. The van der Waals surface area contributed by atoms with Gasteiger partial charge < -0.3 is 14.9 Å². The second kappa shape index (κ2) is 14.2. The standard InChI is InChI=1S/C29H34.2CH3.2ClH.Zr/c1-2-3-21-29(23-15-7-8-16-23,22-13-5-4-6-14-22)28-26-19-11-9-17-24(26)25-18-10-12-20-27(25)28;;;;;/h2,4-6,9-14,17-20,23-28H,1,3,7-8,15-16,21H2;2*1H3;2*1H;/q;2*-1;;;+4/p-2. The molecule has 2 saturated carbocycles. The molecule has 5 rings (SSSR count). The Morgan fingerprint density at radius 2 is 1.29 bits per heavy atom. The molecule has 1 aromatic carbocycles. The van der Waals surface area contributed by atoms with Gasteiger partial charge in [0, 0.05) is 5.41 Å². The summed E-state index contributed by atoms with van der Waals surface area (Å²) in [7, 11) is 9.87. The molecule has 0 aliphatic heterocycles. The summed E-state index contributed by atoms with van der Waals surface area (Å²) in [6.45, 7) is 4.12. The molecule has 5 unspecified atom stereocenters. The molecule has 34 heavy (non-hydrogen) atoms. The van der Waals surface area contributed by atoms with Crippen molar-refractivity contribution >= 4 is 17.0 Å². The zero-order valence-electron chi connectivity index (χ0n) is 20.8. The summed E-state index contributed by atoms with van der Waals surface area (Å²) < 4.78 is 0. The van der Waals surface area contributed by atoms with Crippen molar-refractivity contribution in [1.29, 1.82) is 0 Å². The second-order valence-corrected chi connectivity index (χ2v) is 13.4. The first kappa shape index (κ1) is 29.6. The minimum absolute atomic E-state index is 0. The van der Waals surface area contributed by atoms with Gasteiger partial charge in [0.2, 0.25) is 0 Å². The maximum absolute atomic E-state index is 4.93. The van der Waals surface area contributed by atoms with Gasteiger partial charge in [-0.3, -0.25) is 0 Å².